The molecule has 1 N–H and O–H groups in total. The second-order valence-electron chi connectivity index (χ2n) is 7.47. The molecule has 1 saturated carbocycles. The number of carbonyl (C=O) groups excluding carboxylic acids is 1. The quantitative estimate of drug-likeness (QED) is 0.414. The maximum atomic E-state index is 13.3. The van der Waals surface area contributed by atoms with Gasteiger partial charge in [0.25, 0.3) is 5.56 Å². The molecule has 1 aliphatic rings. The van der Waals surface area contributed by atoms with Crippen LogP contribution in [0, 0.1) is 0 Å². The van der Waals surface area contributed by atoms with Crippen molar-refractivity contribution in [3.8, 4) is 0 Å². The molecule has 0 aliphatic heterocycles. The minimum atomic E-state index is -0.388. The Hall–Kier alpha value is -2.25. The van der Waals surface area contributed by atoms with Crippen LogP contribution in [-0.2, 0) is 4.79 Å². The summed E-state index contributed by atoms with van der Waals surface area (Å²) in [5, 5.41) is 3.91. The number of rotatable bonds is 6. The summed E-state index contributed by atoms with van der Waals surface area (Å²) >= 11 is 2.96. The number of hydrogen-bond donors (Lipinski definition) is 1. The van der Waals surface area contributed by atoms with E-state index in [2.05, 4.69) is 5.32 Å². The van der Waals surface area contributed by atoms with E-state index in [0.717, 1.165) is 36.3 Å². The van der Waals surface area contributed by atoms with Gasteiger partial charge in [-0.15, -0.1) is 11.8 Å². The van der Waals surface area contributed by atoms with Crippen molar-refractivity contribution in [1.29, 1.82) is 0 Å². The zero-order chi connectivity index (χ0) is 21.1. The summed E-state index contributed by atoms with van der Waals surface area (Å²) in [5.41, 5.74) is 1.48. The first-order chi connectivity index (χ1) is 14.6. The van der Waals surface area contributed by atoms with Gasteiger partial charge < -0.3 is 5.32 Å². The number of thioether (sulfide) groups is 2. The number of nitrogens with zero attached hydrogens (tertiary/aromatic N) is 2. The van der Waals surface area contributed by atoms with E-state index in [1.165, 1.54) is 11.8 Å². The molecule has 0 radical (unpaired) electrons. The predicted molar refractivity (Wildman–Crippen MR) is 126 cm³/mol. The monoisotopic (exact) mass is 439 g/mol. The van der Waals surface area contributed by atoms with Crippen LogP contribution < -0.4 is 10.9 Å². The highest BCUT2D eigenvalue weighted by Gasteiger charge is 2.25. The number of para-hydroxylation sites is 2. The van der Waals surface area contributed by atoms with Crippen molar-refractivity contribution in [1.82, 2.24) is 9.55 Å². The van der Waals surface area contributed by atoms with Crippen LogP contribution in [0.3, 0.4) is 0 Å². The zero-order valence-electron chi connectivity index (χ0n) is 17.1. The third-order valence-corrected chi connectivity index (χ3v) is 7.34. The zero-order valence-corrected chi connectivity index (χ0v) is 18.8. The van der Waals surface area contributed by atoms with E-state index in [-0.39, 0.29) is 22.8 Å². The molecule has 2 aromatic carbocycles. The lowest BCUT2D eigenvalue weighted by molar-refractivity contribution is -0.115. The van der Waals surface area contributed by atoms with E-state index in [1.54, 1.807) is 11.8 Å². The number of benzene rings is 2. The number of aromatic nitrogens is 2. The highest BCUT2D eigenvalue weighted by atomic mass is 32.2. The molecule has 0 saturated heterocycles. The third-order valence-electron chi connectivity index (χ3n) is 5.48. The maximum absolute atomic E-state index is 13.3. The lowest BCUT2D eigenvalue weighted by atomic mass is 10.2. The number of amides is 1. The molecule has 156 valence electrons. The average molecular weight is 440 g/mol. The second-order valence-corrected chi connectivity index (χ2v) is 9.63. The Bertz CT molecular complexity index is 1120. The van der Waals surface area contributed by atoms with Gasteiger partial charge in [0.05, 0.1) is 21.8 Å². The smallest absolute Gasteiger partial charge is 0.262 e. The Balaban J connectivity index is 1.64. The number of carbonyl (C=O) groups is 1. The predicted octanol–water partition coefficient (Wildman–Crippen LogP) is 5.35. The number of nitrogens with one attached hydrogen (secondary N) is 1. The maximum Gasteiger partial charge on any atom is 0.262 e. The third kappa shape index (κ3) is 4.27. The summed E-state index contributed by atoms with van der Waals surface area (Å²) in [6, 6.07) is 15.4. The Morgan fingerprint density at radius 2 is 1.83 bits per heavy atom. The molecule has 1 aliphatic carbocycles. The van der Waals surface area contributed by atoms with Crippen LogP contribution in [0.2, 0.25) is 0 Å². The van der Waals surface area contributed by atoms with E-state index in [1.807, 2.05) is 66.3 Å². The molecular formula is C23H25N3O2S2. The van der Waals surface area contributed by atoms with Gasteiger partial charge in [-0.3, -0.25) is 14.2 Å². The highest BCUT2D eigenvalue weighted by Crippen LogP contribution is 2.34. The Labute approximate surface area is 184 Å². The van der Waals surface area contributed by atoms with Gasteiger partial charge in [0.1, 0.15) is 0 Å². The lowest BCUT2D eigenvalue weighted by Gasteiger charge is -2.20. The highest BCUT2D eigenvalue weighted by molar-refractivity contribution is 8.00. The van der Waals surface area contributed by atoms with E-state index in [0.29, 0.717) is 16.1 Å². The van der Waals surface area contributed by atoms with Crippen molar-refractivity contribution in [3.05, 3.63) is 58.9 Å². The lowest BCUT2D eigenvalue weighted by Crippen LogP contribution is -2.29. The molecule has 30 heavy (non-hydrogen) atoms. The Morgan fingerprint density at radius 3 is 2.60 bits per heavy atom. The molecule has 5 nitrogen and oxygen atoms in total. The van der Waals surface area contributed by atoms with E-state index < -0.39 is 0 Å². The summed E-state index contributed by atoms with van der Waals surface area (Å²) in [6.45, 7) is 1.86. The fourth-order valence-electron chi connectivity index (χ4n) is 3.89. The molecule has 1 fully saturated rings. The van der Waals surface area contributed by atoms with Crippen LogP contribution in [0.1, 0.15) is 38.6 Å². The van der Waals surface area contributed by atoms with Crippen molar-refractivity contribution in [2.24, 2.45) is 0 Å². The molecule has 1 atom stereocenters. The average Bonchev–Trinajstić information content (AvgIpc) is 3.28. The van der Waals surface area contributed by atoms with E-state index in [4.69, 9.17) is 4.98 Å². The molecule has 1 heterocycles. The van der Waals surface area contributed by atoms with E-state index in [9.17, 15) is 9.59 Å². The minimum absolute atomic E-state index is 0.00432. The SMILES string of the molecule is CSc1ccccc1NC(=O)C(C)Sc1nc2ccccc2c(=O)n1C1CCCC1. The number of hydrogen-bond acceptors (Lipinski definition) is 5. The molecule has 0 bridgehead atoms. The van der Waals surface area contributed by atoms with Gasteiger partial charge in [0, 0.05) is 10.9 Å². The first kappa shape index (κ1) is 21.0. The van der Waals surface area contributed by atoms with Crippen LogP contribution >= 0.6 is 23.5 Å². The first-order valence-corrected chi connectivity index (χ1v) is 12.3. The summed E-state index contributed by atoms with van der Waals surface area (Å²) in [4.78, 5) is 32.0. The van der Waals surface area contributed by atoms with E-state index >= 15 is 0 Å². The second kappa shape index (κ2) is 9.27. The van der Waals surface area contributed by atoms with Crippen LogP contribution in [0.5, 0.6) is 0 Å². The van der Waals surface area contributed by atoms with Crippen LogP contribution in [0.25, 0.3) is 10.9 Å². The van der Waals surface area contributed by atoms with Gasteiger partial charge in [-0.05, 0) is 50.3 Å². The van der Waals surface area contributed by atoms with Crippen LogP contribution in [-0.4, -0.2) is 27.0 Å². The molecular weight excluding hydrogens is 414 g/mol. The van der Waals surface area contributed by atoms with Crippen molar-refractivity contribution in [2.45, 2.75) is 54.0 Å². The van der Waals surface area contributed by atoms with Gasteiger partial charge in [-0.2, -0.15) is 0 Å². The largest absolute Gasteiger partial charge is 0.324 e. The fraction of sp³-hybridized carbons (Fsp3) is 0.348. The van der Waals surface area contributed by atoms with Crippen molar-refractivity contribution in [2.75, 3.05) is 11.6 Å². The van der Waals surface area contributed by atoms with Crippen molar-refractivity contribution < 1.29 is 4.79 Å². The molecule has 3 aromatic rings. The first-order valence-electron chi connectivity index (χ1n) is 10.2. The van der Waals surface area contributed by atoms with Gasteiger partial charge in [0.2, 0.25) is 5.91 Å². The molecule has 4 rings (SSSR count). The molecule has 1 amide bonds. The van der Waals surface area contributed by atoms with Crippen molar-refractivity contribution in [3.63, 3.8) is 0 Å². The summed E-state index contributed by atoms with van der Waals surface area (Å²) in [7, 11) is 0. The normalized spacial score (nSPS) is 15.4. The van der Waals surface area contributed by atoms with Crippen LogP contribution in [0.4, 0.5) is 5.69 Å². The minimum Gasteiger partial charge on any atom is -0.324 e. The van der Waals surface area contributed by atoms with Gasteiger partial charge in [-0.25, -0.2) is 4.98 Å². The van der Waals surface area contributed by atoms with Gasteiger partial charge in [0.15, 0.2) is 5.16 Å². The molecule has 7 heteroatoms. The summed E-state index contributed by atoms with van der Waals surface area (Å²) in [5.74, 6) is -0.0955. The Kier molecular flexibility index (Phi) is 6.49. The van der Waals surface area contributed by atoms with Crippen LogP contribution in [0.15, 0.2) is 63.4 Å². The summed E-state index contributed by atoms with van der Waals surface area (Å²) < 4.78 is 1.83. The number of fused-ring (bicyclic) bond motifs is 1. The van der Waals surface area contributed by atoms with Gasteiger partial charge >= 0.3 is 0 Å². The standard InChI is InChI=1S/C23H25N3O2S2/c1-15(21(27)24-19-13-7-8-14-20(19)29-2)30-23-25-18-12-6-5-11-17(18)22(28)26(23)16-9-3-4-10-16/h5-8,11-16H,3-4,9-10H2,1-2H3,(H,24,27). The number of anilines is 1. The molecule has 1 unspecified atom stereocenters. The fourth-order valence-corrected chi connectivity index (χ4v) is 5.42. The molecule has 1 aromatic heterocycles. The van der Waals surface area contributed by atoms with Gasteiger partial charge in [-0.1, -0.05) is 48.9 Å². The van der Waals surface area contributed by atoms with Crippen molar-refractivity contribution >= 4 is 46.0 Å². The summed E-state index contributed by atoms with van der Waals surface area (Å²) in [6.07, 6.45) is 6.19. The topological polar surface area (TPSA) is 64.0 Å². The Morgan fingerprint density at radius 1 is 1.13 bits per heavy atom. The molecule has 0 spiro atoms.